The Hall–Kier alpha value is -0.810. The molecule has 2 aliphatic rings. The van der Waals surface area contributed by atoms with Crippen molar-refractivity contribution in [2.24, 2.45) is 11.1 Å². The van der Waals surface area contributed by atoms with Gasteiger partial charge in [0, 0.05) is 6.04 Å². The zero-order valence-electron chi connectivity index (χ0n) is 8.23. The molecule has 0 bridgehead atoms. The molecule has 2 unspecified atom stereocenters. The van der Waals surface area contributed by atoms with Crippen molar-refractivity contribution in [1.29, 1.82) is 0 Å². The Morgan fingerprint density at radius 2 is 1.93 bits per heavy atom. The molecule has 1 heterocycles. The number of primary amides is 1. The first kappa shape index (κ1) is 12.3. The van der Waals surface area contributed by atoms with Crippen molar-refractivity contribution in [1.82, 2.24) is 5.32 Å². The van der Waals surface area contributed by atoms with Crippen molar-refractivity contribution in [3.63, 3.8) is 0 Å². The summed E-state index contributed by atoms with van der Waals surface area (Å²) in [6, 6.07) is -0.530. The van der Waals surface area contributed by atoms with Crippen LogP contribution in [0.15, 0.2) is 0 Å². The average molecular weight is 235 g/mol. The fourth-order valence-electron chi connectivity index (χ4n) is 2.27. The van der Waals surface area contributed by atoms with Crippen LogP contribution < -0.4 is 11.1 Å². The lowest BCUT2D eigenvalue weighted by Gasteiger charge is -2.20. The van der Waals surface area contributed by atoms with Crippen LogP contribution in [0.1, 0.15) is 25.7 Å². The molecular weight excluding hydrogens is 220 g/mol. The van der Waals surface area contributed by atoms with E-state index >= 15 is 0 Å². The summed E-state index contributed by atoms with van der Waals surface area (Å²) in [5.74, 6) is -1.13. The van der Waals surface area contributed by atoms with Crippen molar-refractivity contribution < 1.29 is 14.7 Å². The Morgan fingerprint density at radius 1 is 1.33 bits per heavy atom. The number of aliphatic carboxylic acids is 1. The Morgan fingerprint density at radius 3 is 2.27 bits per heavy atom. The van der Waals surface area contributed by atoms with E-state index in [0.717, 1.165) is 19.3 Å². The van der Waals surface area contributed by atoms with Crippen LogP contribution in [-0.4, -0.2) is 29.1 Å². The van der Waals surface area contributed by atoms with Crippen LogP contribution >= 0.6 is 12.4 Å². The number of carboxylic acid groups (broad SMARTS) is 1. The Balaban J connectivity index is 0.00000112. The normalized spacial score (nSPS) is 31.7. The highest BCUT2D eigenvalue weighted by atomic mass is 35.5. The van der Waals surface area contributed by atoms with Crippen LogP contribution in [-0.2, 0) is 9.59 Å². The summed E-state index contributed by atoms with van der Waals surface area (Å²) in [4.78, 5) is 21.9. The average Bonchev–Trinajstić information content (AvgIpc) is 2.77. The smallest absolute Gasteiger partial charge is 0.320 e. The van der Waals surface area contributed by atoms with E-state index in [9.17, 15) is 9.59 Å². The lowest BCUT2D eigenvalue weighted by Crippen LogP contribution is -2.45. The molecule has 2 fully saturated rings. The molecular formula is C9H15ClN2O3. The van der Waals surface area contributed by atoms with Crippen LogP contribution in [0.3, 0.4) is 0 Å². The first-order valence-electron chi connectivity index (χ1n) is 4.85. The monoisotopic (exact) mass is 234 g/mol. The van der Waals surface area contributed by atoms with Crippen molar-refractivity contribution in [2.45, 2.75) is 37.8 Å². The summed E-state index contributed by atoms with van der Waals surface area (Å²) in [5.41, 5.74) is 4.87. The minimum Gasteiger partial charge on any atom is -0.480 e. The second kappa shape index (κ2) is 3.98. The highest BCUT2D eigenvalue weighted by Crippen LogP contribution is 2.51. The summed E-state index contributed by atoms with van der Waals surface area (Å²) in [6.45, 7) is 0. The standard InChI is InChI=1S/C9H14N2O3.ClH/c10-8(14)9(3-4-9)6-2-1-5(11-6)7(12)13;/h5-6,11H,1-4H2,(H2,10,14)(H,12,13);1H. The van der Waals surface area contributed by atoms with Crippen molar-refractivity contribution in [3.8, 4) is 0 Å². The van der Waals surface area contributed by atoms with Crippen LogP contribution in [0.2, 0.25) is 0 Å². The Kier molecular flexibility index (Phi) is 3.25. The summed E-state index contributed by atoms with van der Waals surface area (Å²) in [7, 11) is 0. The summed E-state index contributed by atoms with van der Waals surface area (Å²) >= 11 is 0. The number of rotatable bonds is 3. The van der Waals surface area contributed by atoms with Gasteiger partial charge in [-0.25, -0.2) is 0 Å². The molecule has 6 heteroatoms. The maximum atomic E-state index is 11.2. The molecule has 0 aromatic heterocycles. The van der Waals surface area contributed by atoms with E-state index in [1.54, 1.807) is 0 Å². The fraction of sp³-hybridized carbons (Fsp3) is 0.778. The molecule has 4 N–H and O–H groups in total. The zero-order chi connectivity index (χ0) is 10.3. The zero-order valence-corrected chi connectivity index (χ0v) is 9.05. The molecule has 1 aliphatic carbocycles. The number of carboxylic acids is 1. The third-order valence-corrected chi connectivity index (χ3v) is 3.39. The lowest BCUT2D eigenvalue weighted by atomic mass is 9.94. The van der Waals surface area contributed by atoms with E-state index in [1.807, 2.05) is 0 Å². The van der Waals surface area contributed by atoms with Gasteiger partial charge in [-0.2, -0.15) is 0 Å². The molecule has 86 valence electrons. The second-order valence-corrected chi connectivity index (χ2v) is 4.21. The molecule has 2 rings (SSSR count). The first-order chi connectivity index (χ1) is 6.56. The number of nitrogens with one attached hydrogen (secondary N) is 1. The van der Waals surface area contributed by atoms with Crippen molar-refractivity contribution >= 4 is 24.3 Å². The van der Waals surface area contributed by atoms with Crippen LogP contribution in [0.5, 0.6) is 0 Å². The third kappa shape index (κ3) is 1.94. The first-order valence-corrected chi connectivity index (χ1v) is 4.85. The van der Waals surface area contributed by atoms with Gasteiger partial charge in [-0.15, -0.1) is 12.4 Å². The number of hydrogen-bond acceptors (Lipinski definition) is 3. The van der Waals surface area contributed by atoms with Gasteiger partial charge in [-0.3, -0.25) is 9.59 Å². The van der Waals surface area contributed by atoms with E-state index in [0.29, 0.717) is 6.42 Å². The van der Waals surface area contributed by atoms with E-state index < -0.39 is 17.4 Å². The lowest BCUT2D eigenvalue weighted by molar-refractivity contribution is -0.139. The number of amides is 1. The quantitative estimate of drug-likeness (QED) is 0.635. The molecule has 15 heavy (non-hydrogen) atoms. The number of halogens is 1. The molecule has 0 aromatic carbocycles. The van der Waals surface area contributed by atoms with Gasteiger partial charge in [0.2, 0.25) is 5.91 Å². The maximum absolute atomic E-state index is 11.2. The van der Waals surface area contributed by atoms with Gasteiger partial charge in [0.05, 0.1) is 5.41 Å². The second-order valence-electron chi connectivity index (χ2n) is 4.21. The molecule has 0 spiro atoms. The van der Waals surface area contributed by atoms with Gasteiger partial charge < -0.3 is 16.2 Å². The van der Waals surface area contributed by atoms with Gasteiger partial charge in [-0.1, -0.05) is 0 Å². The molecule has 0 radical (unpaired) electrons. The molecule has 1 aliphatic heterocycles. The van der Waals surface area contributed by atoms with Gasteiger partial charge >= 0.3 is 5.97 Å². The van der Waals surface area contributed by atoms with E-state index in [2.05, 4.69) is 5.32 Å². The van der Waals surface area contributed by atoms with Gasteiger partial charge in [0.25, 0.3) is 0 Å². The maximum Gasteiger partial charge on any atom is 0.320 e. The summed E-state index contributed by atoms with van der Waals surface area (Å²) in [6.07, 6.45) is 2.92. The fourth-order valence-corrected chi connectivity index (χ4v) is 2.27. The predicted molar refractivity (Wildman–Crippen MR) is 55.7 cm³/mol. The van der Waals surface area contributed by atoms with Crippen LogP contribution in [0.25, 0.3) is 0 Å². The van der Waals surface area contributed by atoms with Gasteiger partial charge in [-0.05, 0) is 25.7 Å². The van der Waals surface area contributed by atoms with Gasteiger partial charge in [0.15, 0.2) is 0 Å². The third-order valence-electron chi connectivity index (χ3n) is 3.39. The summed E-state index contributed by atoms with van der Waals surface area (Å²) in [5, 5.41) is 11.8. The highest BCUT2D eigenvalue weighted by molar-refractivity contribution is 5.85. The van der Waals surface area contributed by atoms with Crippen LogP contribution in [0.4, 0.5) is 0 Å². The topological polar surface area (TPSA) is 92.4 Å². The molecule has 5 nitrogen and oxygen atoms in total. The van der Waals surface area contributed by atoms with E-state index in [4.69, 9.17) is 10.8 Å². The van der Waals surface area contributed by atoms with Crippen LogP contribution in [0, 0.1) is 5.41 Å². The molecule has 1 saturated carbocycles. The molecule has 1 amide bonds. The largest absolute Gasteiger partial charge is 0.480 e. The molecule has 2 atom stereocenters. The SMILES string of the molecule is Cl.NC(=O)C1(C2CCC(C(=O)O)N2)CC1. The van der Waals surface area contributed by atoms with Crippen molar-refractivity contribution in [3.05, 3.63) is 0 Å². The van der Waals surface area contributed by atoms with Gasteiger partial charge in [0.1, 0.15) is 6.04 Å². The minimum atomic E-state index is -0.840. The van der Waals surface area contributed by atoms with E-state index in [-0.39, 0.29) is 24.4 Å². The summed E-state index contributed by atoms with van der Waals surface area (Å²) < 4.78 is 0. The minimum absolute atomic E-state index is 0. The Labute approximate surface area is 93.8 Å². The molecule has 0 aromatic rings. The number of nitrogens with two attached hydrogens (primary N) is 1. The predicted octanol–water partition coefficient (Wildman–Crippen LogP) is -0.121. The molecule has 1 saturated heterocycles. The van der Waals surface area contributed by atoms with E-state index in [1.165, 1.54) is 0 Å². The Bertz CT molecular complexity index is 291. The van der Waals surface area contributed by atoms with Crippen molar-refractivity contribution in [2.75, 3.05) is 0 Å². The number of carbonyl (C=O) groups is 2. The highest BCUT2D eigenvalue weighted by Gasteiger charge is 2.56. The number of carbonyl (C=O) groups excluding carboxylic acids is 1. The number of hydrogen-bond donors (Lipinski definition) is 3.